The third-order valence-corrected chi connectivity index (χ3v) is 5.76. The van der Waals surface area contributed by atoms with E-state index >= 15 is 0 Å². The second-order valence-corrected chi connectivity index (χ2v) is 7.47. The summed E-state index contributed by atoms with van der Waals surface area (Å²) in [5, 5.41) is 12.4. The zero-order chi connectivity index (χ0) is 18.7. The van der Waals surface area contributed by atoms with Gasteiger partial charge in [0.2, 0.25) is 11.8 Å². The summed E-state index contributed by atoms with van der Waals surface area (Å²) in [5.41, 5.74) is -0.146. The molecule has 1 saturated carbocycles. The molecule has 2 fully saturated rings. The third-order valence-electron chi connectivity index (χ3n) is 5.76. The minimum Gasteiger partial charge on any atom is -0.480 e. The molecule has 0 spiro atoms. The monoisotopic (exact) mass is 358 g/mol. The number of nitrogens with zero attached hydrogens (tertiary/aromatic N) is 1. The van der Waals surface area contributed by atoms with Crippen molar-refractivity contribution < 1.29 is 19.5 Å². The van der Waals surface area contributed by atoms with Crippen molar-refractivity contribution in [1.82, 2.24) is 10.2 Å². The van der Waals surface area contributed by atoms with E-state index in [1.807, 2.05) is 37.3 Å². The van der Waals surface area contributed by atoms with Crippen LogP contribution in [0, 0.1) is 5.92 Å². The zero-order valence-corrected chi connectivity index (χ0v) is 15.1. The van der Waals surface area contributed by atoms with E-state index in [-0.39, 0.29) is 24.3 Å². The number of carboxylic acids is 1. The van der Waals surface area contributed by atoms with Crippen LogP contribution in [0.2, 0.25) is 0 Å². The fraction of sp³-hybridized carbons (Fsp3) is 0.550. The number of hydrogen-bond donors (Lipinski definition) is 2. The number of hydrogen-bond acceptors (Lipinski definition) is 3. The fourth-order valence-electron chi connectivity index (χ4n) is 4.08. The molecular formula is C20H26N2O4. The molecule has 1 heterocycles. The molecule has 3 rings (SSSR count). The Bertz CT molecular complexity index is 682. The Kier molecular flexibility index (Phi) is 5.30. The molecule has 1 aromatic carbocycles. The van der Waals surface area contributed by atoms with Crippen molar-refractivity contribution >= 4 is 17.8 Å². The first-order chi connectivity index (χ1) is 12.4. The van der Waals surface area contributed by atoms with E-state index in [0.717, 1.165) is 24.8 Å². The first kappa shape index (κ1) is 18.4. The van der Waals surface area contributed by atoms with Crippen molar-refractivity contribution in [2.24, 2.45) is 5.92 Å². The lowest BCUT2D eigenvalue weighted by Gasteiger charge is -2.34. The largest absolute Gasteiger partial charge is 0.480 e. The molecule has 6 nitrogen and oxygen atoms in total. The molecule has 0 aromatic heterocycles. The van der Waals surface area contributed by atoms with Gasteiger partial charge in [0.05, 0.1) is 12.0 Å². The van der Waals surface area contributed by atoms with Crippen LogP contribution in [0.1, 0.15) is 57.1 Å². The highest BCUT2D eigenvalue weighted by molar-refractivity contribution is 5.93. The van der Waals surface area contributed by atoms with Gasteiger partial charge in [0.15, 0.2) is 0 Å². The van der Waals surface area contributed by atoms with Crippen molar-refractivity contribution in [1.29, 1.82) is 0 Å². The van der Waals surface area contributed by atoms with E-state index in [9.17, 15) is 19.5 Å². The van der Waals surface area contributed by atoms with Gasteiger partial charge in [0.1, 0.15) is 5.54 Å². The summed E-state index contributed by atoms with van der Waals surface area (Å²) >= 11 is 0. The third kappa shape index (κ3) is 3.59. The molecule has 0 bridgehead atoms. The van der Waals surface area contributed by atoms with Gasteiger partial charge in [-0.05, 0) is 25.3 Å². The molecule has 1 aliphatic carbocycles. The zero-order valence-electron chi connectivity index (χ0n) is 15.1. The highest BCUT2D eigenvalue weighted by Crippen LogP contribution is 2.32. The van der Waals surface area contributed by atoms with Gasteiger partial charge in [0, 0.05) is 13.0 Å². The van der Waals surface area contributed by atoms with E-state index in [1.54, 1.807) is 4.90 Å². The van der Waals surface area contributed by atoms with Crippen LogP contribution in [-0.4, -0.2) is 39.9 Å². The predicted molar refractivity (Wildman–Crippen MR) is 96.3 cm³/mol. The van der Waals surface area contributed by atoms with Crippen LogP contribution in [0.5, 0.6) is 0 Å². The Balaban J connectivity index is 1.68. The molecule has 1 saturated heterocycles. The number of aliphatic carboxylic acids is 1. The summed E-state index contributed by atoms with van der Waals surface area (Å²) in [6, 6.07) is 9.60. The van der Waals surface area contributed by atoms with Crippen LogP contribution in [0.3, 0.4) is 0 Å². The van der Waals surface area contributed by atoms with Crippen LogP contribution in [-0.2, 0) is 14.4 Å². The van der Waals surface area contributed by atoms with Crippen LogP contribution in [0.4, 0.5) is 0 Å². The summed E-state index contributed by atoms with van der Waals surface area (Å²) in [7, 11) is 0. The molecule has 2 amide bonds. The predicted octanol–water partition coefficient (Wildman–Crippen LogP) is 2.50. The maximum Gasteiger partial charge on any atom is 0.329 e. The average molecular weight is 358 g/mol. The van der Waals surface area contributed by atoms with Gasteiger partial charge in [-0.3, -0.25) is 9.59 Å². The van der Waals surface area contributed by atoms with Gasteiger partial charge in [-0.15, -0.1) is 0 Å². The standard InChI is InChI=1S/C20H26N2O4/c1-14(15-8-4-2-5-9-15)22-13-16(12-17(22)23)18(24)21-20(19(25)26)10-6-3-7-11-20/h2,4-5,8-9,14,16H,3,6-7,10-13H2,1H3,(H,21,24)(H,25,26)/t14-,16+/m0/s1. The molecule has 0 unspecified atom stereocenters. The molecule has 2 aliphatic rings. The highest BCUT2D eigenvalue weighted by atomic mass is 16.4. The highest BCUT2D eigenvalue weighted by Gasteiger charge is 2.44. The van der Waals surface area contributed by atoms with Crippen molar-refractivity contribution in [2.45, 2.75) is 57.0 Å². The van der Waals surface area contributed by atoms with Crippen molar-refractivity contribution in [3.05, 3.63) is 35.9 Å². The average Bonchev–Trinajstić information content (AvgIpc) is 3.04. The maximum absolute atomic E-state index is 12.7. The van der Waals surface area contributed by atoms with Crippen LogP contribution >= 0.6 is 0 Å². The van der Waals surface area contributed by atoms with E-state index in [1.165, 1.54) is 0 Å². The van der Waals surface area contributed by atoms with Gasteiger partial charge in [0.25, 0.3) is 0 Å². The number of amides is 2. The second-order valence-electron chi connectivity index (χ2n) is 7.47. The van der Waals surface area contributed by atoms with E-state index in [0.29, 0.717) is 19.4 Å². The van der Waals surface area contributed by atoms with Crippen molar-refractivity contribution in [3.8, 4) is 0 Å². The molecule has 2 atom stereocenters. The lowest BCUT2D eigenvalue weighted by Crippen LogP contribution is -2.57. The molecule has 0 radical (unpaired) electrons. The molecule has 6 heteroatoms. The van der Waals surface area contributed by atoms with E-state index in [2.05, 4.69) is 5.32 Å². The van der Waals surface area contributed by atoms with Gasteiger partial charge in [-0.2, -0.15) is 0 Å². The number of benzene rings is 1. The second kappa shape index (κ2) is 7.48. The number of nitrogens with one attached hydrogen (secondary N) is 1. The number of rotatable bonds is 5. The van der Waals surface area contributed by atoms with Crippen LogP contribution < -0.4 is 5.32 Å². The quantitative estimate of drug-likeness (QED) is 0.847. The first-order valence-corrected chi connectivity index (χ1v) is 9.33. The van der Waals surface area contributed by atoms with Gasteiger partial charge in [-0.1, -0.05) is 49.6 Å². The normalized spacial score (nSPS) is 23.5. The molecule has 26 heavy (non-hydrogen) atoms. The smallest absolute Gasteiger partial charge is 0.329 e. The molecule has 140 valence electrons. The Morgan fingerprint density at radius 2 is 1.85 bits per heavy atom. The van der Waals surface area contributed by atoms with Crippen molar-refractivity contribution in [3.63, 3.8) is 0 Å². The number of likely N-dealkylation sites (tertiary alicyclic amines) is 1. The lowest BCUT2D eigenvalue weighted by atomic mass is 9.81. The minimum atomic E-state index is -1.17. The number of carbonyl (C=O) groups excluding carboxylic acids is 2. The molecular weight excluding hydrogens is 332 g/mol. The number of carbonyl (C=O) groups is 3. The Morgan fingerprint density at radius 3 is 2.46 bits per heavy atom. The summed E-state index contributed by atoms with van der Waals surface area (Å²) in [4.78, 5) is 38.6. The topological polar surface area (TPSA) is 86.7 Å². The Labute approximate surface area is 153 Å². The first-order valence-electron chi connectivity index (χ1n) is 9.33. The summed E-state index contributed by atoms with van der Waals surface area (Å²) in [6.07, 6.45) is 3.65. The Hall–Kier alpha value is -2.37. The Morgan fingerprint density at radius 1 is 1.19 bits per heavy atom. The van der Waals surface area contributed by atoms with Gasteiger partial charge >= 0.3 is 5.97 Å². The van der Waals surface area contributed by atoms with E-state index < -0.39 is 17.4 Å². The maximum atomic E-state index is 12.7. The molecule has 1 aliphatic heterocycles. The SMILES string of the molecule is C[C@@H](c1ccccc1)N1C[C@H](C(=O)NC2(C(=O)O)CCCCC2)CC1=O. The summed E-state index contributed by atoms with van der Waals surface area (Å²) in [6.45, 7) is 2.28. The van der Waals surface area contributed by atoms with Gasteiger partial charge < -0.3 is 15.3 Å². The molecule has 1 aromatic rings. The molecule has 2 N–H and O–H groups in total. The van der Waals surface area contributed by atoms with E-state index in [4.69, 9.17) is 0 Å². The van der Waals surface area contributed by atoms with Gasteiger partial charge in [-0.25, -0.2) is 4.79 Å². The summed E-state index contributed by atoms with van der Waals surface area (Å²) in [5.74, 6) is -1.84. The van der Waals surface area contributed by atoms with Crippen LogP contribution in [0.15, 0.2) is 30.3 Å². The fourth-order valence-corrected chi connectivity index (χ4v) is 4.08. The van der Waals surface area contributed by atoms with Crippen molar-refractivity contribution in [2.75, 3.05) is 6.54 Å². The summed E-state index contributed by atoms with van der Waals surface area (Å²) < 4.78 is 0. The minimum absolute atomic E-state index is 0.0606. The number of carboxylic acid groups (broad SMARTS) is 1. The van der Waals surface area contributed by atoms with Crippen LogP contribution in [0.25, 0.3) is 0 Å². The lowest BCUT2D eigenvalue weighted by molar-refractivity contribution is -0.150.